The molecule has 0 bridgehead atoms. The summed E-state index contributed by atoms with van der Waals surface area (Å²) in [6.07, 6.45) is 0.0362. The third-order valence-corrected chi connectivity index (χ3v) is 2.42. The Bertz CT molecular complexity index is 480. The van der Waals surface area contributed by atoms with Crippen LogP contribution < -0.4 is 9.47 Å². The van der Waals surface area contributed by atoms with Gasteiger partial charge in [-0.05, 0) is 12.1 Å². The average molecular weight is 268 g/mol. The van der Waals surface area contributed by atoms with Crippen molar-refractivity contribution in [2.24, 2.45) is 0 Å². The highest BCUT2D eigenvalue weighted by molar-refractivity contribution is 5.97. The van der Waals surface area contributed by atoms with Crippen LogP contribution in [0.1, 0.15) is 23.7 Å². The molecule has 104 valence electrons. The number of hydrogen-bond donors (Lipinski definition) is 1. The molecule has 19 heavy (non-hydrogen) atoms. The van der Waals surface area contributed by atoms with E-state index >= 15 is 0 Å². The van der Waals surface area contributed by atoms with Crippen LogP contribution in [-0.2, 0) is 9.53 Å². The van der Waals surface area contributed by atoms with Crippen LogP contribution >= 0.6 is 0 Å². The molecule has 6 nitrogen and oxygen atoms in total. The van der Waals surface area contributed by atoms with E-state index in [1.165, 1.54) is 33.3 Å². The maximum atomic E-state index is 11.8. The molecular weight excluding hydrogens is 252 g/mol. The third-order valence-electron chi connectivity index (χ3n) is 2.42. The highest BCUT2D eigenvalue weighted by Crippen LogP contribution is 2.37. The largest absolute Gasteiger partial charge is 0.504 e. The van der Waals surface area contributed by atoms with Crippen molar-refractivity contribution in [1.29, 1.82) is 0 Å². The number of esters is 1. The standard InChI is InChI=1S/C13H16O6/c1-8(14)19-5-4-10(15)9-6-11(16)13(18-3)12(7-9)17-2/h6-7,16H,4-5H2,1-3H3. The summed E-state index contributed by atoms with van der Waals surface area (Å²) in [7, 11) is 2.80. The van der Waals surface area contributed by atoms with E-state index in [4.69, 9.17) is 9.47 Å². The Morgan fingerprint density at radius 2 is 1.89 bits per heavy atom. The summed E-state index contributed by atoms with van der Waals surface area (Å²) < 4.78 is 14.7. The van der Waals surface area contributed by atoms with Gasteiger partial charge in [-0.2, -0.15) is 0 Å². The second-order valence-electron chi connectivity index (χ2n) is 3.74. The van der Waals surface area contributed by atoms with E-state index in [1.807, 2.05) is 0 Å². The summed E-state index contributed by atoms with van der Waals surface area (Å²) in [5, 5.41) is 9.72. The van der Waals surface area contributed by atoms with Crippen LogP contribution in [0.3, 0.4) is 0 Å². The fourth-order valence-electron chi connectivity index (χ4n) is 1.54. The van der Waals surface area contributed by atoms with Crippen LogP contribution in [0.5, 0.6) is 17.2 Å². The van der Waals surface area contributed by atoms with Crippen molar-refractivity contribution in [2.45, 2.75) is 13.3 Å². The third kappa shape index (κ3) is 3.87. The zero-order valence-corrected chi connectivity index (χ0v) is 11.1. The lowest BCUT2D eigenvalue weighted by atomic mass is 10.1. The first-order chi connectivity index (χ1) is 8.99. The first-order valence-electron chi connectivity index (χ1n) is 5.61. The molecule has 6 heteroatoms. The summed E-state index contributed by atoms with van der Waals surface area (Å²) in [4.78, 5) is 22.4. The lowest BCUT2D eigenvalue weighted by Gasteiger charge is -2.11. The van der Waals surface area contributed by atoms with Crippen LogP contribution in [0.2, 0.25) is 0 Å². The van der Waals surface area contributed by atoms with Crippen LogP contribution in [0.25, 0.3) is 0 Å². The Morgan fingerprint density at radius 1 is 1.21 bits per heavy atom. The van der Waals surface area contributed by atoms with Crippen LogP contribution in [-0.4, -0.2) is 37.7 Å². The average Bonchev–Trinajstić information content (AvgIpc) is 2.37. The fraction of sp³-hybridized carbons (Fsp3) is 0.385. The quantitative estimate of drug-likeness (QED) is 0.622. The molecule has 0 atom stereocenters. The Morgan fingerprint density at radius 3 is 2.42 bits per heavy atom. The Kier molecular flexibility index (Phi) is 5.17. The van der Waals surface area contributed by atoms with Crippen molar-refractivity contribution in [2.75, 3.05) is 20.8 Å². The molecule has 0 saturated carbocycles. The van der Waals surface area contributed by atoms with Crippen molar-refractivity contribution in [1.82, 2.24) is 0 Å². The maximum Gasteiger partial charge on any atom is 0.302 e. The zero-order valence-electron chi connectivity index (χ0n) is 11.1. The molecule has 1 aromatic carbocycles. The minimum absolute atomic E-state index is 0.00325. The van der Waals surface area contributed by atoms with Gasteiger partial charge in [0.25, 0.3) is 0 Å². The SMILES string of the molecule is COc1cc(C(=O)CCOC(C)=O)cc(O)c1OC. The number of hydrogen-bond acceptors (Lipinski definition) is 6. The van der Waals surface area contributed by atoms with Gasteiger partial charge in [-0.25, -0.2) is 0 Å². The van der Waals surface area contributed by atoms with Gasteiger partial charge >= 0.3 is 5.97 Å². The number of ether oxygens (including phenoxy) is 3. The van der Waals surface area contributed by atoms with Gasteiger partial charge < -0.3 is 19.3 Å². The van der Waals surface area contributed by atoms with Crippen molar-refractivity contribution in [3.63, 3.8) is 0 Å². The molecule has 0 saturated heterocycles. The number of Topliss-reactive ketones (excluding diaryl/α,β-unsaturated/α-hetero) is 1. The number of carbonyl (C=O) groups excluding carboxylic acids is 2. The number of methoxy groups -OCH3 is 2. The van der Waals surface area contributed by atoms with Crippen molar-refractivity contribution in [3.05, 3.63) is 17.7 Å². The Labute approximate surface area is 110 Å². The monoisotopic (exact) mass is 268 g/mol. The van der Waals surface area contributed by atoms with Crippen molar-refractivity contribution < 1.29 is 28.9 Å². The summed E-state index contributed by atoms with van der Waals surface area (Å²) in [5.41, 5.74) is 0.266. The number of benzene rings is 1. The van der Waals surface area contributed by atoms with Gasteiger partial charge in [0.2, 0.25) is 5.75 Å². The predicted molar refractivity (Wildman–Crippen MR) is 66.8 cm³/mol. The van der Waals surface area contributed by atoms with E-state index in [0.29, 0.717) is 0 Å². The van der Waals surface area contributed by atoms with Crippen molar-refractivity contribution in [3.8, 4) is 17.2 Å². The van der Waals surface area contributed by atoms with E-state index in [0.717, 1.165) is 0 Å². The normalized spacial score (nSPS) is 9.84. The summed E-state index contributed by atoms with van der Waals surface area (Å²) in [6.45, 7) is 1.27. The number of ketones is 1. The molecule has 0 fully saturated rings. The van der Waals surface area contributed by atoms with E-state index in [9.17, 15) is 14.7 Å². The minimum Gasteiger partial charge on any atom is -0.504 e. The van der Waals surface area contributed by atoms with E-state index in [2.05, 4.69) is 4.74 Å². The molecule has 0 unspecified atom stereocenters. The van der Waals surface area contributed by atoms with Gasteiger partial charge in [-0.3, -0.25) is 9.59 Å². The summed E-state index contributed by atoms with van der Waals surface area (Å²) in [6, 6.07) is 2.76. The molecule has 1 rings (SSSR count). The van der Waals surface area contributed by atoms with Gasteiger partial charge in [0.1, 0.15) is 0 Å². The van der Waals surface area contributed by atoms with Gasteiger partial charge in [0.15, 0.2) is 17.3 Å². The number of carbonyl (C=O) groups is 2. The van der Waals surface area contributed by atoms with Crippen molar-refractivity contribution >= 4 is 11.8 Å². The number of rotatable bonds is 6. The van der Waals surface area contributed by atoms with Gasteiger partial charge in [-0.15, -0.1) is 0 Å². The molecule has 0 amide bonds. The highest BCUT2D eigenvalue weighted by Gasteiger charge is 2.15. The van der Waals surface area contributed by atoms with Gasteiger partial charge in [-0.1, -0.05) is 0 Å². The number of phenolic OH excluding ortho intramolecular Hbond substituents is 1. The fourth-order valence-corrected chi connectivity index (χ4v) is 1.54. The first kappa shape index (κ1) is 14.8. The highest BCUT2D eigenvalue weighted by atomic mass is 16.5. The second kappa shape index (κ2) is 6.63. The molecule has 1 aromatic rings. The predicted octanol–water partition coefficient (Wildman–Crippen LogP) is 1.55. The van der Waals surface area contributed by atoms with E-state index < -0.39 is 5.97 Å². The molecule has 0 aliphatic heterocycles. The smallest absolute Gasteiger partial charge is 0.302 e. The second-order valence-corrected chi connectivity index (χ2v) is 3.74. The molecular formula is C13H16O6. The number of aromatic hydroxyl groups is 1. The van der Waals surface area contributed by atoms with E-state index in [-0.39, 0.29) is 41.6 Å². The molecule has 0 radical (unpaired) electrons. The first-order valence-corrected chi connectivity index (χ1v) is 5.61. The minimum atomic E-state index is -0.442. The summed E-state index contributed by atoms with van der Waals surface area (Å²) >= 11 is 0. The Balaban J connectivity index is 2.86. The van der Waals surface area contributed by atoms with Gasteiger partial charge in [0.05, 0.1) is 20.8 Å². The van der Waals surface area contributed by atoms with Crippen LogP contribution in [0, 0.1) is 0 Å². The van der Waals surface area contributed by atoms with Crippen LogP contribution in [0.4, 0.5) is 0 Å². The molecule has 0 aliphatic rings. The topological polar surface area (TPSA) is 82.1 Å². The Hall–Kier alpha value is -2.24. The molecule has 0 aliphatic carbocycles. The van der Waals surface area contributed by atoms with E-state index in [1.54, 1.807) is 0 Å². The lowest BCUT2D eigenvalue weighted by molar-refractivity contribution is -0.140. The lowest BCUT2D eigenvalue weighted by Crippen LogP contribution is -2.08. The molecule has 0 aromatic heterocycles. The van der Waals surface area contributed by atoms with Crippen LogP contribution in [0.15, 0.2) is 12.1 Å². The zero-order chi connectivity index (χ0) is 14.4. The molecule has 1 N–H and O–H groups in total. The summed E-state index contributed by atoms with van der Waals surface area (Å²) in [5.74, 6) is -0.462. The number of phenols is 1. The van der Waals surface area contributed by atoms with Gasteiger partial charge in [0, 0.05) is 18.9 Å². The maximum absolute atomic E-state index is 11.8. The molecule has 0 spiro atoms. The molecule has 0 heterocycles.